The molecule has 1 spiro atoms. The van der Waals surface area contributed by atoms with Crippen molar-refractivity contribution in [2.75, 3.05) is 53.3 Å². The van der Waals surface area contributed by atoms with Crippen molar-refractivity contribution in [3.8, 4) is 33.4 Å². The molecule has 0 bridgehead atoms. The number of carbonyl (C=O) groups is 3. The number of ether oxygens (including phenoxy) is 1. The van der Waals surface area contributed by atoms with E-state index in [9.17, 15) is 39.2 Å². The SMILES string of the molecule is Cc1cnc(N2CC3(CCOCC3)C2)c(C(=O)Nc2c(O)c(O)c(C(=O)N3CCc4cc(C(=O)Nc5c(C)cccc5F)sc4-c4ccccc43)c(O)c2O)c1. The molecule has 0 atom stereocenters. The number of pyridine rings is 1. The monoisotopic (exact) mass is 779 g/mol. The maximum Gasteiger partial charge on any atom is 0.266 e. The van der Waals surface area contributed by atoms with Gasteiger partial charge in [0.25, 0.3) is 17.7 Å². The molecule has 2 fully saturated rings. The second kappa shape index (κ2) is 14.1. The van der Waals surface area contributed by atoms with Crippen LogP contribution >= 0.6 is 11.3 Å². The molecule has 5 heterocycles. The Balaban J connectivity index is 1.06. The minimum Gasteiger partial charge on any atom is -0.504 e. The number of carbonyl (C=O) groups excluding carboxylic acids is 3. The maximum absolute atomic E-state index is 14.5. The first kappa shape index (κ1) is 36.8. The molecule has 2 saturated heterocycles. The third-order valence-electron chi connectivity index (χ3n) is 10.8. The van der Waals surface area contributed by atoms with Crippen LogP contribution in [0.4, 0.5) is 27.3 Å². The van der Waals surface area contributed by atoms with Gasteiger partial charge in [-0.3, -0.25) is 14.4 Å². The second-order valence-electron chi connectivity index (χ2n) is 14.5. The van der Waals surface area contributed by atoms with E-state index < -0.39 is 57.8 Å². The van der Waals surface area contributed by atoms with Gasteiger partial charge >= 0.3 is 0 Å². The number of benzene rings is 3. The highest BCUT2D eigenvalue weighted by atomic mass is 32.1. The Morgan fingerprint density at radius 1 is 0.875 bits per heavy atom. The van der Waals surface area contributed by atoms with Crippen molar-refractivity contribution >= 4 is 51.9 Å². The number of hydrogen-bond acceptors (Lipinski definition) is 11. The minimum atomic E-state index is -1.05. The number of aromatic hydroxyl groups is 4. The Hall–Kier alpha value is -6.19. The molecule has 0 unspecified atom stereocenters. The van der Waals surface area contributed by atoms with Crippen molar-refractivity contribution < 1.29 is 43.9 Å². The van der Waals surface area contributed by atoms with Crippen LogP contribution in [0.1, 0.15) is 59.9 Å². The van der Waals surface area contributed by atoms with Gasteiger partial charge < -0.3 is 45.6 Å². The van der Waals surface area contributed by atoms with E-state index in [4.69, 9.17) is 4.74 Å². The van der Waals surface area contributed by atoms with Crippen LogP contribution in [-0.4, -0.2) is 76.0 Å². The number of halogens is 1. The van der Waals surface area contributed by atoms with Gasteiger partial charge in [0.1, 0.15) is 22.9 Å². The third kappa shape index (κ3) is 6.31. The van der Waals surface area contributed by atoms with Crippen molar-refractivity contribution in [3.05, 3.63) is 99.3 Å². The van der Waals surface area contributed by atoms with Gasteiger partial charge in [-0.2, -0.15) is 0 Å². The topological polar surface area (TPSA) is 185 Å². The number of aryl methyl sites for hydroxylation is 2. The summed E-state index contributed by atoms with van der Waals surface area (Å²) >= 11 is 1.17. The summed E-state index contributed by atoms with van der Waals surface area (Å²) in [5.74, 6) is -6.49. The fourth-order valence-corrected chi connectivity index (χ4v) is 8.87. The molecular weight excluding hydrogens is 742 g/mol. The van der Waals surface area contributed by atoms with Crippen LogP contribution in [0.3, 0.4) is 0 Å². The lowest BCUT2D eigenvalue weighted by Gasteiger charge is -2.53. The van der Waals surface area contributed by atoms with E-state index in [0.29, 0.717) is 64.3 Å². The van der Waals surface area contributed by atoms with E-state index in [1.807, 2.05) is 4.90 Å². The summed E-state index contributed by atoms with van der Waals surface area (Å²) in [4.78, 5) is 50.0. The summed E-state index contributed by atoms with van der Waals surface area (Å²) in [6.45, 7) is 6.18. The number of rotatable bonds is 6. The first-order chi connectivity index (χ1) is 26.9. The van der Waals surface area contributed by atoms with Gasteiger partial charge in [-0.25, -0.2) is 9.37 Å². The molecule has 0 saturated carbocycles. The van der Waals surface area contributed by atoms with E-state index in [0.717, 1.165) is 18.4 Å². The zero-order valence-corrected chi connectivity index (χ0v) is 31.3. The van der Waals surface area contributed by atoms with Gasteiger partial charge in [0, 0.05) is 54.9 Å². The maximum atomic E-state index is 14.5. The van der Waals surface area contributed by atoms with Crippen molar-refractivity contribution in [2.24, 2.45) is 5.41 Å². The van der Waals surface area contributed by atoms with Gasteiger partial charge in [0.05, 0.1) is 21.8 Å². The number of thiophene rings is 1. The molecule has 56 heavy (non-hydrogen) atoms. The van der Waals surface area contributed by atoms with Gasteiger partial charge in [-0.15, -0.1) is 11.3 Å². The molecule has 0 radical (unpaired) electrons. The van der Waals surface area contributed by atoms with Crippen LogP contribution in [0.2, 0.25) is 0 Å². The Morgan fingerprint density at radius 2 is 1.57 bits per heavy atom. The molecule has 2 aromatic heterocycles. The highest BCUT2D eigenvalue weighted by molar-refractivity contribution is 7.17. The number of phenols is 4. The number of para-hydroxylation sites is 2. The average Bonchev–Trinajstić information content (AvgIpc) is 3.54. The molecule has 13 nitrogen and oxygen atoms in total. The zero-order chi connectivity index (χ0) is 39.5. The fraction of sp³-hybridized carbons (Fsp3) is 0.268. The summed E-state index contributed by atoms with van der Waals surface area (Å²) in [7, 11) is 0. The summed E-state index contributed by atoms with van der Waals surface area (Å²) in [5.41, 5.74) is 1.79. The van der Waals surface area contributed by atoms with Crippen LogP contribution in [0.5, 0.6) is 23.0 Å². The van der Waals surface area contributed by atoms with Crippen molar-refractivity contribution in [2.45, 2.75) is 33.1 Å². The Kier molecular flexibility index (Phi) is 9.29. The Morgan fingerprint density at radius 3 is 2.29 bits per heavy atom. The van der Waals surface area contributed by atoms with Crippen molar-refractivity contribution in [1.29, 1.82) is 0 Å². The molecule has 6 N–H and O–H groups in total. The number of anilines is 4. The zero-order valence-electron chi connectivity index (χ0n) is 30.5. The van der Waals surface area contributed by atoms with Crippen LogP contribution in [-0.2, 0) is 11.2 Å². The summed E-state index contributed by atoms with van der Waals surface area (Å²) in [6.07, 6.45) is 3.68. The predicted octanol–water partition coefficient (Wildman–Crippen LogP) is 6.71. The van der Waals surface area contributed by atoms with Crippen LogP contribution in [0, 0.1) is 25.1 Å². The number of hydrogen-bond donors (Lipinski definition) is 6. The lowest BCUT2D eigenvalue weighted by atomic mass is 9.73. The van der Waals surface area contributed by atoms with E-state index in [2.05, 4.69) is 15.6 Å². The standard InChI is InChI=1S/C41H38FN5O8S/c1-21-16-25(37(43-18-21)46-19-41(20-46)11-14-55-15-12-41)38(52)45-31-34(50)32(48)29(33(49)35(31)51)40(54)47-13-10-23-17-28(56-36(23)24-7-3-4-9-27(24)47)39(53)44-30-22(2)6-5-8-26(30)42/h3-9,16-18,48-51H,10-15,19-20H2,1-2H3,(H,44,53)(H,45,52). The van der Waals surface area contributed by atoms with E-state index in [1.54, 1.807) is 68.6 Å². The number of amides is 3. The van der Waals surface area contributed by atoms with Gasteiger partial charge in [0.2, 0.25) is 0 Å². The predicted molar refractivity (Wildman–Crippen MR) is 209 cm³/mol. The molecule has 5 aromatic rings. The highest BCUT2D eigenvalue weighted by Crippen LogP contribution is 2.52. The number of fused-ring (bicyclic) bond motifs is 3. The number of phenolic OH excluding ortho intramolecular Hbond substituents is 4. The Bertz CT molecular complexity index is 2390. The number of nitrogens with zero attached hydrogens (tertiary/aromatic N) is 3. The highest BCUT2D eigenvalue weighted by Gasteiger charge is 2.45. The van der Waals surface area contributed by atoms with Gasteiger partial charge in [-0.1, -0.05) is 30.3 Å². The largest absolute Gasteiger partial charge is 0.504 e. The molecule has 3 aromatic carbocycles. The quantitative estimate of drug-likeness (QED) is 0.0800. The van der Waals surface area contributed by atoms with Gasteiger partial charge in [-0.05, 0) is 74.1 Å². The van der Waals surface area contributed by atoms with E-state index >= 15 is 0 Å². The molecule has 0 aliphatic carbocycles. The van der Waals surface area contributed by atoms with E-state index in [-0.39, 0.29) is 29.6 Å². The van der Waals surface area contributed by atoms with Crippen LogP contribution in [0.25, 0.3) is 10.4 Å². The van der Waals surface area contributed by atoms with Crippen molar-refractivity contribution in [1.82, 2.24) is 4.98 Å². The molecule has 288 valence electrons. The normalized spacial score (nSPS) is 15.7. The minimum absolute atomic E-state index is 0.0138. The van der Waals surface area contributed by atoms with Gasteiger partial charge in [0.15, 0.2) is 23.0 Å². The lowest BCUT2D eigenvalue weighted by molar-refractivity contribution is -0.000511. The van der Waals surface area contributed by atoms with Crippen LogP contribution < -0.4 is 20.4 Å². The Labute approximate surface area is 324 Å². The van der Waals surface area contributed by atoms with Crippen molar-refractivity contribution in [3.63, 3.8) is 0 Å². The summed E-state index contributed by atoms with van der Waals surface area (Å²) < 4.78 is 20.0. The lowest BCUT2D eigenvalue weighted by Crippen LogP contribution is -2.59. The summed E-state index contributed by atoms with van der Waals surface area (Å²) in [5, 5.41) is 49.9. The first-order valence-electron chi connectivity index (χ1n) is 18.1. The molecule has 3 amide bonds. The third-order valence-corrected chi connectivity index (χ3v) is 12.0. The average molecular weight is 780 g/mol. The van der Waals surface area contributed by atoms with E-state index in [1.165, 1.54) is 22.3 Å². The molecule has 3 aliphatic heterocycles. The molecule has 3 aliphatic rings. The number of nitrogens with one attached hydrogen (secondary N) is 2. The summed E-state index contributed by atoms with van der Waals surface area (Å²) in [6, 6.07) is 14.7. The first-order valence-corrected chi connectivity index (χ1v) is 18.9. The smallest absolute Gasteiger partial charge is 0.266 e. The fourth-order valence-electron chi connectivity index (χ4n) is 7.73. The molecular formula is C41H38FN5O8S. The molecule has 8 rings (SSSR count). The second-order valence-corrected chi connectivity index (χ2v) is 15.6. The molecule has 15 heteroatoms. The number of aromatic nitrogens is 1. The van der Waals surface area contributed by atoms with Crippen LogP contribution in [0.15, 0.2) is 60.8 Å².